The molecule has 4 rings (SSSR count). The van der Waals surface area contributed by atoms with Gasteiger partial charge in [-0.2, -0.15) is 0 Å². The third-order valence-corrected chi connectivity index (χ3v) is 9.15. The summed E-state index contributed by atoms with van der Waals surface area (Å²) in [5.74, 6) is 0.222. The maximum atomic E-state index is 13.0. The van der Waals surface area contributed by atoms with Gasteiger partial charge >= 0.3 is 0 Å². The Bertz CT molecular complexity index is 1240. The molecule has 1 N–H and O–H groups in total. The smallest absolute Gasteiger partial charge is 0.257 e. The Hall–Kier alpha value is -2.95. The molecule has 0 unspecified atom stereocenters. The van der Waals surface area contributed by atoms with Crippen molar-refractivity contribution >= 4 is 21.8 Å². The van der Waals surface area contributed by atoms with E-state index < -0.39 is 10.0 Å². The summed E-state index contributed by atoms with van der Waals surface area (Å²) in [6.07, 6.45) is 4.29. The Morgan fingerprint density at radius 3 is 2.44 bits per heavy atom. The summed E-state index contributed by atoms with van der Waals surface area (Å²) < 4.78 is 39.8. The fourth-order valence-electron chi connectivity index (χ4n) is 5.08. The van der Waals surface area contributed by atoms with Crippen LogP contribution in [0.1, 0.15) is 48.0 Å². The molecule has 2 aliphatic rings. The molecule has 1 fully saturated rings. The van der Waals surface area contributed by atoms with Crippen molar-refractivity contribution < 1.29 is 27.5 Å². The second-order valence-electron chi connectivity index (χ2n) is 10.6. The van der Waals surface area contributed by atoms with E-state index in [2.05, 4.69) is 4.72 Å². The highest BCUT2D eigenvalue weighted by Gasteiger charge is 2.37. The minimum absolute atomic E-state index is 0.103. The Kier molecular flexibility index (Phi) is 9.63. The maximum absolute atomic E-state index is 13.0. The average Bonchev–Trinajstić information content (AvgIpc) is 2.94. The van der Waals surface area contributed by atoms with Crippen LogP contribution in [0.4, 0.5) is 0 Å². The van der Waals surface area contributed by atoms with Crippen molar-refractivity contribution in [2.45, 2.75) is 43.9 Å². The molecule has 0 aliphatic carbocycles. The Labute approximate surface area is 231 Å². The predicted octanol–water partition coefficient (Wildman–Crippen LogP) is 3.23. The van der Waals surface area contributed by atoms with Crippen LogP contribution >= 0.6 is 0 Å². The normalized spacial score (nSPS) is 19.2. The Morgan fingerprint density at radius 1 is 0.974 bits per heavy atom. The minimum Gasteiger partial charge on any atom is -0.492 e. The minimum atomic E-state index is -3.76. The van der Waals surface area contributed by atoms with E-state index >= 15 is 0 Å². The van der Waals surface area contributed by atoms with E-state index in [0.717, 1.165) is 37.7 Å². The zero-order chi connectivity index (χ0) is 27.9. The number of nitrogens with zero attached hydrogens (tertiary/aromatic N) is 2. The fourth-order valence-corrected chi connectivity index (χ4v) is 6.06. The molecule has 1 spiro atoms. The summed E-state index contributed by atoms with van der Waals surface area (Å²) in [5, 5.41) is 0. The van der Waals surface area contributed by atoms with E-state index in [9.17, 15) is 18.0 Å². The number of amides is 2. The van der Waals surface area contributed by atoms with Gasteiger partial charge in [0.15, 0.2) is 0 Å². The number of carbonyl (C=O) groups excluding carboxylic acids is 2. The summed E-state index contributed by atoms with van der Waals surface area (Å²) in [6, 6.07) is 13.8. The van der Waals surface area contributed by atoms with Gasteiger partial charge in [0.25, 0.3) is 5.91 Å². The van der Waals surface area contributed by atoms with Crippen LogP contribution in [-0.2, 0) is 19.6 Å². The third-order valence-electron chi connectivity index (χ3n) is 7.74. The van der Waals surface area contributed by atoms with Gasteiger partial charge in [-0.05, 0) is 56.9 Å². The first kappa shape index (κ1) is 29.0. The van der Waals surface area contributed by atoms with Gasteiger partial charge in [-0.25, -0.2) is 13.1 Å². The molecule has 212 valence electrons. The zero-order valence-electron chi connectivity index (χ0n) is 22.9. The second-order valence-corrected chi connectivity index (χ2v) is 12.4. The summed E-state index contributed by atoms with van der Waals surface area (Å²) in [4.78, 5) is 29.5. The first-order chi connectivity index (χ1) is 18.7. The molecule has 1 saturated heterocycles. The van der Waals surface area contributed by atoms with Gasteiger partial charge in [0.1, 0.15) is 5.75 Å². The molecule has 0 saturated carbocycles. The van der Waals surface area contributed by atoms with Crippen LogP contribution in [0.2, 0.25) is 0 Å². The molecule has 0 radical (unpaired) electrons. The molecular weight excluding hydrogens is 518 g/mol. The van der Waals surface area contributed by atoms with Crippen LogP contribution in [0.5, 0.6) is 5.75 Å². The van der Waals surface area contributed by atoms with Crippen LogP contribution in [0.15, 0.2) is 53.4 Å². The number of sulfonamides is 1. The number of carbonyl (C=O) groups is 2. The molecule has 2 aromatic rings. The highest BCUT2D eigenvalue weighted by atomic mass is 32.2. The predicted molar refractivity (Wildman–Crippen MR) is 148 cm³/mol. The lowest BCUT2D eigenvalue weighted by molar-refractivity contribution is -0.132. The van der Waals surface area contributed by atoms with E-state index in [0.29, 0.717) is 50.8 Å². The number of hydrogen-bond acceptors (Lipinski definition) is 6. The largest absolute Gasteiger partial charge is 0.492 e. The fraction of sp³-hybridized carbons (Fsp3) is 0.517. The van der Waals surface area contributed by atoms with E-state index in [4.69, 9.17) is 9.47 Å². The number of hydrogen-bond donors (Lipinski definition) is 1. The van der Waals surface area contributed by atoms with Crippen LogP contribution in [0, 0.1) is 12.3 Å². The molecule has 39 heavy (non-hydrogen) atoms. The second kappa shape index (κ2) is 12.9. The van der Waals surface area contributed by atoms with E-state index in [1.54, 1.807) is 35.0 Å². The van der Waals surface area contributed by atoms with Gasteiger partial charge in [-0.15, -0.1) is 0 Å². The molecule has 2 aromatic carbocycles. The van der Waals surface area contributed by atoms with E-state index in [-0.39, 0.29) is 28.7 Å². The van der Waals surface area contributed by atoms with Crippen molar-refractivity contribution in [1.82, 2.24) is 14.5 Å². The SMILES string of the molecule is Cc1ccc(S(=O)(=O)NCC(=O)N2CCC3(CCCCOCCN(C)C(=O)c4ccccc4OC3)CC2)cc1. The number of fused-ring (bicyclic) bond motifs is 1. The molecule has 10 heteroatoms. The maximum Gasteiger partial charge on any atom is 0.257 e. The topological polar surface area (TPSA) is 105 Å². The van der Waals surface area contributed by atoms with Crippen LogP contribution in [-0.4, -0.2) is 83.1 Å². The lowest BCUT2D eigenvalue weighted by Crippen LogP contribution is -2.48. The third kappa shape index (κ3) is 7.58. The van der Waals surface area contributed by atoms with Crippen molar-refractivity contribution in [3.63, 3.8) is 0 Å². The van der Waals surface area contributed by atoms with Gasteiger partial charge in [-0.1, -0.05) is 36.2 Å². The quantitative estimate of drug-likeness (QED) is 0.619. The number of nitrogens with one attached hydrogen (secondary N) is 1. The van der Waals surface area contributed by atoms with Crippen LogP contribution in [0.25, 0.3) is 0 Å². The molecule has 2 aliphatic heterocycles. The van der Waals surface area contributed by atoms with Crippen LogP contribution < -0.4 is 9.46 Å². The van der Waals surface area contributed by atoms with Crippen molar-refractivity contribution in [3.8, 4) is 5.75 Å². The monoisotopic (exact) mass is 557 g/mol. The Balaban J connectivity index is 1.39. The number of likely N-dealkylation sites (N-methyl/N-ethyl adjacent to an activating group) is 1. The number of likely N-dealkylation sites (tertiary alicyclic amines) is 1. The highest BCUT2D eigenvalue weighted by Crippen LogP contribution is 2.38. The lowest BCUT2D eigenvalue weighted by Gasteiger charge is -2.42. The number of ether oxygens (including phenoxy) is 2. The van der Waals surface area contributed by atoms with Gasteiger partial charge in [0.05, 0.1) is 30.2 Å². The first-order valence-corrected chi connectivity index (χ1v) is 15.1. The van der Waals surface area contributed by atoms with Gasteiger partial charge in [0.2, 0.25) is 15.9 Å². The van der Waals surface area contributed by atoms with Gasteiger partial charge < -0.3 is 19.3 Å². The van der Waals surface area contributed by atoms with E-state index in [1.165, 1.54) is 12.1 Å². The summed E-state index contributed by atoms with van der Waals surface area (Å²) in [6.45, 7) is 4.74. The summed E-state index contributed by atoms with van der Waals surface area (Å²) in [5.41, 5.74) is 1.34. The molecule has 0 bridgehead atoms. The van der Waals surface area contributed by atoms with Crippen molar-refractivity contribution in [3.05, 3.63) is 59.7 Å². The Morgan fingerprint density at radius 2 is 1.69 bits per heavy atom. The van der Waals surface area contributed by atoms with Gasteiger partial charge in [0, 0.05) is 38.7 Å². The molecule has 9 nitrogen and oxygen atoms in total. The molecule has 2 amide bonds. The molecule has 0 aromatic heterocycles. The van der Waals surface area contributed by atoms with Crippen molar-refractivity contribution in [2.75, 3.05) is 53.0 Å². The standard InChI is InChI=1S/C29H39N3O6S/c1-23-9-11-24(12-10-23)39(35,36)30-21-27(33)32-16-14-29(15-17-32)13-5-6-19-37-20-18-31(2)28(34)25-7-3-4-8-26(25)38-22-29/h3-4,7-12,30H,5-6,13-22H2,1-2H3. The van der Waals surface area contributed by atoms with Crippen molar-refractivity contribution in [2.24, 2.45) is 5.41 Å². The zero-order valence-corrected chi connectivity index (χ0v) is 23.7. The van der Waals surface area contributed by atoms with Crippen LogP contribution in [0.3, 0.4) is 0 Å². The molecular formula is C29H39N3O6S. The van der Waals surface area contributed by atoms with Gasteiger partial charge in [-0.3, -0.25) is 9.59 Å². The highest BCUT2D eigenvalue weighted by molar-refractivity contribution is 7.89. The average molecular weight is 558 g/mol. The van der Waals surface area contributed by atoms with Crippen molar-refractivity contribution in [1.29, 1.82) is 0 Å². The number of para-hydroxylation sites is 1. The number of aryl methyl sites for hydroxylation is 1. The first-order valence-electron chi connectivity index (χ1n) is 13.6. The molecule has 0 atom stereocenters. The summed E-state index contributed by atoms with van der Waals surface area (Å²) >= 11 is 0. The number of rotatable bonds is 4. The number of piperidine rings is 1. The lowest BCUT2D eigenvalue weighted by atomic mass is 9.75. The summed E-state index contributed by atoms with van der Waals surface area (Å²) in [7, 11) is -2.00. The number of benzene rings is 2. The van der Waals surface area contributed by atoms with E-state index in [1.807, 2.05) is 25.1 Å². The molecule has 2 heterocycles.